The fraction of sp³-hybridized carbons (Fsp3) is 1.00. The van der Waals surface area contributed by atoms with Crippen LogP contribution < -0.4 is 0 Å². The summed E-state index contributed by atoms with van der Waals surface area (Å²) in [7, 11) is 1.55. The minimum absolute atomic E-state index is 0.189. The van der Waals surface area contributed by atoms with Crippen LogP contribution in [0.4, 0.5) is 0 Å². The Bertz CT molecular complexity index is 66.0. The first-order valence-electron chi connectivity index (χ1n) is 2.68. The van der Waals surface area contributed by atoms with Crippen LogP contribution in [-0.4, -0.2) is 35.9 Å². The van der Waals surface area contributed by atoms with Gasteiger partial charge in [0, 0.05) is 18.6 Å². The lowest BCUT2D eigenvalue weighted by Crippen LogP contribution is -2.30. The van der Waals surface area contributed by atoms with Crippen LogP contribution in [0.1, 0.15) is 0 Å². The molecule has 0 aromatic rings. The van der Waals surface area contributed by atoms with E-state index in [-0.39, 0.29) is 6.10 Å². The van der Waals surface area contributed by atoms with Crippen molar-refractivity contribution < 1.29 is 9.84 Å². The summed E-state index contributed by atoms with van der Waals surface area (Å²) in [4.78, 5) is 0. The number of aliphatic hydroxyl groups is 1. The Labute approximate surface area is 66.4 Å². The van der Waals surface area contributed by atoms with Gasteiger partial charge >= 0.3 is 0 Å². The lowest BCUT2D eigenvalue weighted by atomic mass is 10.2. The third kappa shape index (κ3) is 3.35. The molecule has 0 radical (unpaired) electrons. The zero-order chi connectivity index (χ0) is 7.28. The summed E-state index contributed by atoms with van der Waals surface area (Å²) < 4.78 is 4.88. The average Bonchev–Trinajstić information content (AvgIpc) is 1.90. The van der Waals surface area contributed by atoms with Crippen molar-refractivity contribution in [3.05, 3.63) is 0 Å². The van der Waals surface area contributed by atoms with E-state index in [2.05, 4.69) is 25.3 Å². The molecule has 0 amide bonds. The predicted molar refractivity (Wildman–Crippen MR) is 44.5 cm³/mol. The Hall–Kier alpha value is 0.620. The summed E-state index contributed by atoms with van der Waals surface area (Å²) in [6.45, 7) is 0. The van der Waals surface area contributed by atoms with Crippen LogP contribution in [0.15, 0.2) is 0 Å². The first-order chi connectivity index (χ1) is 4.26. The normalized spacial score (nSPS) is 17.3. The van der Waals surface area contributed by atoms with Crippen LogP contribution in [0, 0.1) is 0 Å². The second kappa shape index (κ2) is 5.41. The molecule has 9 heavy (non-hydrogen) atoms. The van der Waals surface area contributed by atoms with E-state index in [1.165, 1.54) is 0 Å². The molecule has 0 fully saturated rings. The van der Waals surface area contributed by atoms with Crippen molar-refractivity contribution in [2.45, 2.75) is 12.2 Å². The highest BCUT2D eigenvalue weighted by atomic mass is 32.1. The molecule has 2 unspecified atom stereocenters. The molecule has 0 rings (SSSR count). The highest BCUT2D eigenvalue weighted by Crippen LogP contribution is 2.01. The van der Waals surface area contributed by atoms with Gasteiger partial charge in [0.15, 0.2) is 0 Å². The van der Waals surface area contributed by atoms with Crippen LogP contribution in [0.5, 0.6) is 0 Å². The van der Waals surface area contributed by atoms with Gasteiger partial charge in [0.05, 0.1) is 12.2 Å². The smallest absolute Gasteiger partial charge is 0.0925 e. The highest BCUT2D eigenvalue weighted by Gasteiger charge is 2.14. The van der Waals surface area contributed by atoms with Crippen LogP contribution >= 0.6 is 25.3 Å². The van der Waals surface area contributed by atoms with E-state index in [1.54, 1.807) is 7.11 Å². The number of aliphatic hydroxyl groups excluding tert-OH is 1. The summed E-state index contributed by atoms with van der Waals surface area (Å²) in [6, 6.07) is 0. The van der Waals surface area contributed by atoms with Crippen LogP contribution in [0.2, 0.25) is 0 Å². The third-order valence-corrected chi connectivity index (χ3v) is 1.83. The van der Waals surface area contributed by atoms with Gasteiger partial charge in [0.25, 0.3) is 0 Å². The highest BCUT2D eigenvalue weighted by molar-refractivity contribution is 7.80. The maximum absolute atomic E-state index is 9.07. The van der Waals surface area contributed by atoms with Crippen molar-refractivity contribution in [2.24, 2.45) is 0 Å². The fourth-order valence-electron chi connectivity index (χ4n) is 0.471. The Morgan fingerprint density at radius 3 is 2.11 bits per heavy atom. The quantitative estimate of drug-likeness (QED) is 0.524. The van der Waals surface area contributed by atoms with Crippen LogP contribution in [0.3, 0.4) is 0 Å². The zero-order valence-electron chi connectivity index (χ0n) is 5.32. The van der Waals surface area contributed by atoms with Gasteiger partial charge < -0.3 is 9.84 Å². The fourth-order valence-corrected chi connectivity index (χ4v) is 1.10. The molecule has 0 saturated heterocycles. The summed E-state index contributed by atoms with van der Waals surface area (Å²) >= 11 is 7.87. The molecular formula is C5H12O2S2. The van der Waals surface area contributed by atoms with E-state index in [9.17, 15) is 0 Å². The summed E-state index contributed by atoms with van der Waals surface area (Å²) in [5.74, 6) is 0.942. The van der Waals surface area contributed by atoms with E-state index < -0.39 is 6.10 Å². The lowest BCUT2D eigenvalue weighted by molar-refractivity contribution is 0.0159. The second-order valence-corrected chi connectivity index (χ2v) is 2.44. The number of methoxy groups -OCH3 is 1. The second-order valence-electron chi connectivity index (χ2n) is 1.71. The first-order valence-corrected chi connectivity index (χ1v) is 3.95. The minimum Gasteiger partial charge on any atom is -0.390 e. The van der Waals surface area contributed by atoms with E-state index in [0.717, 1.165) is 0 Å². The maximum atomic E-state index is 9.07. The molecular weight excluding hydrogens is 156 g/mol. The molecule has 2 nitrogen and oxygen atoms in total. The maximum Gasteiger partial charge on any atom is 0.0925 e. The van der Waals surface area contributed by atoms with Crippen LogP contribution in [-0.2, 0) is 4.74 Å². The number of ether oxygens (including phenoxy) is 1. The van der Waals surface area contributed by atoms with Crippen molar-refractivity contribution in [1.29, 1.82) is 0 Å². The SMILES string of the molecule is COC(CS)C(O)CS. The summed E-state index contributed by atoms with van der Waals surface area (Å²) in [5.41, 5.74) is 0. The van der Waals surface area contributed by atoms with E-state index >= 15 is 0 Å². The van der Waals surface area contributed by atoms with Gasteiger partial charge in [-0.25, -0.2) is 0 Å². The number of hydrogen-bond acceptors (Lipinski definition) is 4. The molecule has 2 atom stereocenters. The minimum atomic E-state index is -0.504. The van der Waals surface area contributed by atoms with E-state index in [1.807, 2.05) is 0 Å². The van der Waals surface area contributed by atoms with Crippen molar-refractivity contribution in [3.8, 4) is 0 Å². The van der Waals surface area contributed by atoms with Gasteiger partial charge in [0.1, 0.15) is 0 Å². The molecule has 0 spiro atoms. The molecule has 0 aliphatic rings. The lowest BCUT2D eigenvalue weighted by Gasteiger charge is -2.16. The predicted octanol–water partition coefficient (Wildman–Crippen LogP) is 0.222. The van der Waals surface area contributed by atoms with E-state index in [0.29, 0.717) is 11.5 Å². The van der Waals surface area contributed by atoms with Crippen molar-refractivity contribution in [2.75, 3.05) is 18.6 Å². The van der Waals surface area contributed by atoms with Crippen molar-refractivity contribution in [3.63, 3.8) is 0 Å². The molecule has 0 heterocycles. The Morgan fingerprint density at radius 1 is 1.44 bits per heavy atom. The standard InChI is InChI=1S/C5H12O2S2/c1-7-5(3-9)4(6)2-8/h4-6,8-9H,2-3H2,1H3. The molecule has 0 saturated carbocycles. The molecule has 0 aromatic heterocycles. The summed E-state index contributed by atoms with van der Waals surface area (Å²) in [5, 5.41) is 9.07. The first kappa shape index (κ1) is 9.62. The molecule has 0 bridgehead atoms. The topological polar surface area (TPSA) is 29.5 Å². The molecule has 0 aliphatic carbocycles. The molecule has 4 heteroatoms. The molecule has 0 aromatic carbocycles. The van der Waals surface area contributed by atoms with Gasteiger partial charge in [0.2, 0.25) is 0 Å². The van der Waals surface area contributed by atoms with Gasteiger partial charge in [-0.2, -0.15) is 25.3 Å². The monoisotopic (exact) mass is 168 g/mol. The Kier molecular flexibility index (Phi) is 5.78. The van der Waals surface area contributed by atoms with Crippen molar-refractivity contribution in [1.82, 2.24) is 0 Å². The number of rotatable bonds is 4. The van der Waals surface area contributed by atoms with Gasteiger partial charge in [-0.1, -0.05) is 0 Å². The zero-order valence-corrected chi connectivity index (χ0v) is 7.11. The Balaban J connectivity index is 3.50. The third-order valence-electron chi connectivity index (χ3n) is 1.10. The largest absolute Gasteiger partial charge is 0.390 e. The van der Waals surface area contributed by atoms with Gasteiger partial charge in [-0.05, 0) is 0 Å². The Morgan fingerprint density at radius 2 is 2.00 bits per heavy atom. The number of hydrogen-bond donors (Lipinski definition) is 3. The van der Waals surface area contributed by atoms with Crippen LogP contribution in [0.25, 0.3) is 0 Å². The molecule has 0 aliphatic heterocycles. The average molecular weight is 168 g/mol. The van der Waals surface area contributed by atoms with Gasteiger partial charge in [-0.3, -0.25) is 0 Å². The molecule has 56 valence electrons. The van der Waals surface area contributed by atoms with Gasteiger partial charge in [-0.15, -0.1) is 0 Å². The van der Waals surface area contributed by atoms with E-state index in [4.69, 9.17) is 9.84 Å². The summed E-state index contributed by atoms with van der Waals surface area (Å²) in [6.07, 6.45) is -0.693. The number of thiol groups is 2. The van der Waals surface area contributed by atoms with Crippen molar-refractivity contribution >= 4 is 25.3 Å². The molecule has 1 N–H and O–H groups in total.